The van der Waals surface area contributed by atoms with Crippen LogP contribution >= 0.6 is 0 Å². The Morgan fingerprint density at radius 1 is 0.632 bits per heavy atom. The SMILES string of the molecule is CCCCOc1ccc(C=NNC(=O)CCCCCCC(=O)NN=Cc2ccc(OCCCC)cc2)cc1. The van der Waals surface area contributed by atoms with Crippen LogP contribution in [0.2, 0.25) is 0 Å². The van der Waals surface area contributed by atoms with E-state index in [-0.39, 0.29) is 11.8 Å². The Morgan fingerprint density at radius 2 is 1.03 bits per heavy atom. The summed E-state index contributed by atoms with van der Waals surface area (Å²) in [5.41, 5.74) is 6.90. The number of ether oxygens (including phenoxy) is 2. The molecule has 0 aliphatic rings. The minimum absolute atomic E-state index is 0.117. The van der Waals surface area contributed by atoms with Crippen LogP contribution in [0.3, 0.4) is 0 Å². The number of carbonyl (C=O) groups is 2. The lowest BCUT2D eigenvalue weighted by Gasteiger charge is -2.05. The maximum Gasteiger partial charge on any atom is 0.240 e. The summed E-state index contributed by atoms with van der Waals surface area (Å²) in [6, 6.07) is 15.2. The molecule has 0 atom stereocenters. The molecule has 8 nitrogen and oxygen atoms in total. The second-order valence-electron chi connectivity index (χ2n) is 9.04. The molecule has 0 heterocycles. The summed E-state index contributed by atoms with van der Waals surface area (Å²) in [6.07, 6.45) is 11.6. The molecule has 0 aliphatic carbocycles. The van der Waals surface area contributed by atoms with E-state index in [1.807, 2.05) is 48.5 Å². The molecule has 206 valence electrons. The van der Waals surface area contributed by atoms with Crippen molar-refractivity contribution in [3.8, 4) is 11.5 Å². The largest absolute Gasteiger partial charge is 0.494 e. The van der Waals surface area contributed by atoms with E-state index < -0.39 is 0 Å². The van der Waals surface area contributed by atoms with Crippen molar-refractivity contribution in [3.63, 3.8) is 0 Å². The average molecular weight is 523 g/mol. The summed E-state index contributed by atoms with van der Waals surface area (Å²) in [5.74, 6) is 1.43. The summed E-state index contributed by atoms with van der Waals surface area (Å²) < 4.78 is 11.3. The zero-order valence-corrected chi connectivity index (χ0v) is 22.8. The number of hydrazone groups is 2. The van der Waals surface area contributed by atoms with Gasteiger partial charge in [0.25, 0.3) is 0 Å². The van der Waals surface area contributed by atoms with E-state index in [9.17, 15) is 9.59 Å². The number of unbranched alkanes of at least 4 members (excludes halogenated alkanes) is 5. The Bertz CT molecular complexity index is 907. The van der Waals surface area contributed by atoms with Crippen LogP contribution in [0.1, 0.15) is 89.2 Å². The van der Waals surface area contributed by atoms with E-state index in [0.29, 0.717) is 26.1 Å². The molecule has 2 amide bonds. The van der Waals surface area contributed by atoms with Crippen LogP contribution in [0.25, 0.3) is 0 Å². The summed E-state index contributed by atoms with van der Waals surface area (Å²) in [7, 11) is 0. The van der Waals surface area contributed by atoms with Gasteiger partial charge < -0.3 is 9.47 Å². The fourth-order valence-corrected chi connectivity index (χ4v) is 3.36. The second kappa shape index (κ2) is 19.4. The first-order valence-electron chi connectivity index (χ1n) is 13.7. The van der Waals surface area contributed by atoms with Gasteiger partial charge in [-0.3, -0.25) is 9.59 Å². The van der Waals surface area contributed by atoms with Crippen molar-refractivity contribution in [2.45, 2.75) is 78.1 Å². The van der Waals surface area contributed by atoms with Gasteiger partial charge in [0.2, 0.25) is 11.8 Å². The standard InChI is InChI=1S/C30H42N4O4/c1-3-5-21-37-27-17-13-25(14-18-27)23-31-33-29(35)11-9-7-8-10-12-30(36)34-32-24-26-15-19-28(20-16-26)38-22-6-4-2/h13-20,23-24H,3-12,21-22H2,1-2H3,(H,33,35)(H,34,36). The molecule has 0 unspecified atom stereocenters. The van der Waals surface area contributed by atoms with Crippen molar-refractivity contribution < 1.29 is 19.1 Å². The van der Waals surface area contributed by atoms with Gasteiger partial charge in [-0.05, 0) is 85.3 Å². The van der Waals surface area contributed by atoms with E-state index in [2.05, 4.69) is 34.9 Å². The highest BCUT2D eigenvalue weighted by atomic mass is 16.5. The molecule has 0 saturated heterocycles. The molecule has 2 aromatic rings. The van der Waals surface area contributed by atoms with Gasteiger partial charge in [-0.1, -0.05) is 39.5 Å². The van der Waals surface area contributed by atoms with Gasteiger partial charge in [0.05, 0.1) is 25.6 Å². The van der Waals surface area contributed by atoms with E-state index in [0.717, 1.165) is 74.0 Å². The quantitative estimate of drug-likeness (QED) is 0.134. The Labute approximate surface area is 226 Å². The van der Waals surface area contributed by atoms with Gasteiger partial charge in [0, 0.05) is 12.8 Å². The highest BCUT2D eigenvalue weighted by molar-refractivity contribution is 5.83. The Hall–Kier alpha value is -3.68. The lowest BCUT2D eigenvalue weighted by Crippen LogP contribution is -2.17. The molecular formula is C30H42N4O4. The molecule has 0 spiro atoms. The molecule has 38 heavy (non-hydrogen) atoms. The van der Waals surface area contributed by atoms with E-state index in [1.54, 1.807) is 12.4 Å². The van der Waals surface area contributed by atoms with Gasteiger partial charge in [0.1, 0.15) is 11.5 Å². The van der Waals surface area contributed by atoms with Gasteiger partial charge in [-0.25, -0.2) is 10.9 Å². The van der Waals surface area contributed by atoms with E-state index in [4.69, 9.17) is 9.47 Å². The molecule has 2 aromatic carbocycles. The molecule has 8 heteroatoms. The summed E-state index contributed by atoms with van der Waals surface area (Å²) >= 11 is 0. The van der Waals surface area contributed by atoms with Crippen molar-refractivity contribution in [1.29, 1.82) is 0 Å². The molecule has 0 bridgehead atoms. The maximum atomic E-state index is 12.0. The third-order valence-corrected chi connectivity index (χ3v) is 5.66. The van der Waals surface area contributed by atoms with Crippen LogP contribution in [-0.4, -0.2) is 37.5 Å². The number of carbonyl (C=O) groups excluding carboxylic acids is 2. The molecule has 0 saturated carbocycles. The average Bonchev–Trinajstić information content (AvgIpc) is 2.92. The van der Waals surface area contributed by atoms with Crippen LogP contribution in [-0.2, 0) is 9.59 Å². The third kappa shape index (κ3) is 14.2. The fraction of sp³-hybridized carbons (Fsp3) is 0.467. The van der Waals surface area contributed by atoms with Crippen molar-refractivity contribution in [3.05, 3.63) is 59.7 Å². The predicted molar refractivity (Wildman–Crippen MR) is 153 cm³/mol. The van der Waals surface area contributed by atoms with E-state index in [1.165, 1.54) is 0 Å². The van der Waals surface area contributed by atoms with Crippen molar-refractivity contribution in [2.24, 2.45) is 10.2 Å². The number of hydrogen-bond acceptors (Lipinski definition) is 6. The molecule has 0 aliphatic heterocycles. The first kappa shape index (κ1) is 30.5. The number of amides is 2. The molecule has 2 N–H and O–H groups in total. The fourth-order valence-electron chi connectivity index (χ4n) is 3.36. The lowest BCUT2D eigenvalue weighted by molar-refractivity contribution is -0.122. The third-order valence-electron chi connectivity index (χ3n) is 5.66. The maximum absolute atomic E-state index is 12.0. The molecule has 0 radical (unpaired) electrons. The van der Waals surface area contributed by atoms with E-state index >= 15 is 0 Å². The van der Waals surface area contributed by atoms with Crippen molar-refractivity contribution in [1.82, 2.24) is 10.9 Å². The Morgan fingerprint density at radius 3 is 1.39 bits per heavy atom. The van der Waals surface area contributed by atoms with Crippen LogP contribution < -0.4 is 20.3 Å². The first-order valence-corrected chi connectivity index (χ1v) is 13.7. The highest BCUT2D eigenvalue weighted by Crippen LogP contribution is 2.13. The van der Waals surface area contributed by atoms with Gasteiger partial charge in [-0.15, -0.1) is 0 Å². The van der Waals surface area contributed by atoms with Crippen LogP contribution in [0, 0.1) is 0 Å². The number of nitrogens with one attached hydrogen (secondary N) is 2. The number of hydrogen-bond donors (Lipinski definition) is 2. The monoisotopic (exact) mass is 522 g/mol. The number of rotatable bonds is 19. The van der Waals surface area contributed by atoms with Crippen LogP contribution in [0.4, 0.5) is 0 Å². The van der Waals surface area contributed by atoms with Crippen LogP contribution in [0.15, 0.2) is 58.7 Å². The Kier molecular flexibility index (Phi) is 15.6. The zero-order valence-electron chi connectivity index (χ0n) is 22.8. The minimum Gasteiger partial charge on any atom is -0.494 e. The Balaban J connectivity index is 1.50. The predicted octanol–water partition coefficient (Wildman–Crippen LogP) is 5.99. The van der Waals surface area contributed by atoms with Crippen molar-refractivity contribution in [2.75, 3.05) is 13.2 Å². The first-order chi connectivity index (χ1) is 18.6. The number of nitrogens with zero attached hydrogens (tertiary/aromatic N) is 2. The topological polar surface area (TPSA) is 101 Å². The molecule has 2 rings (SSSR count). The van der Waals surface area contributed by atoms with Crippen molar-refractivity contribution >= 4 is 24.2 Å². The zero-order chi connectivity index (χ0) is 27.3. The second-order valence-corrected chi connectivity index (χ2v) is 9.04. The summed E-state index contributed by atoms with van der Waals surface area (Å²) in [6.45, 7) is 5.69. The smallest absolute Gasteiger partial charge is 0.240 e. The molecular weight excluding hydrogens is 480 g/mol. The van der Waals surface area contributed by atoms with Gasteiger partial charge >= 0.3 is 0 Å². The summed E-state index contributed by atoms with van der Waals surface area (Å²) in [4.78, 5) is 23.9. The summed E-state index contributed by atoms with van der Waals surface area (Å²) in [5, 5.41) is 8.03. The minimum atomic E-state index is -0.117. The number of benzene rings is 2. The highest BCUT2D eigenvalue weighted by Gasteiger charge is 2.02. The van der Waals surface area contributed by atoms with Gasteiger partial charge in [-0.2, -0.15) is 10.2 Å². The molecule has 0 aromatic heterocycles. The normalized spacial score (nSPS) is 11.1. The van der Waals surface area contributed by atoms with Crippen LogP contribution in [0.5, 0.6) is 11.5 Å². The molecule has 0 fully saturated rings. The lowest BCUT2D eigenvalue weighted by atomic mass is 10.1. The van der Waals surface area contributed by atoms with Gasteiger partial charge in [0.15, 0.2) is 0 Å².